The number of fused-ring (bicyclic) bond motifs is 4. The molecule has 5 rings (SSSR count). The van der Waals surface area contributed by atoms with Crippen LogP contribution in [0.2, 0.25) is 0 Å². The molecule has 1 atom stereocenters. The van der Waals surface area contributed by atoms with E-state index >= 15 is 0 Å². The Morgan fingerprint density at radius 1 is 0.971 bits per heavy atom. The van der Waals surface area contributed by atoms with Crippen molar-refractivity contribution in [2.45, 2.75) is 44.0 Å². The van der Waals surface area contributed by atoms with Crippen LogP contribution < -0.4 is 14.8 Å². The van der Waals surface area contributed by atoms with Crippen molar-refractivity contribution in [3.8, 4) is 22.9 Å². The maximum atomic E-state index is 6.54. The van der Waals surface area contributed by atoms with E-state index in [0.29, 0.717) is 16.7 Å². The van der Waals surface area contributed by atoms with Gasteiger partial charge in [0.2, 0.25) is 17.3 Å². The second kappa shape index (κ2) is 10.3. The predicted octanol–water partition coefficient (Wildman–Crippen LogP) is 6.88. The Kier molecular flexibility index (Phi) is 6.81. The summed E-state index contributed by atoms with van der Waals surface area (Å²) in [5.74, 6) is 2.20. The zero-order valence-corrected chi connectivity index (χ0v) is 20.3. The van der Waals surface area contributed by atoms with Gasteiger partial charge in [0.25, 0.3) is 0 Å². The highest BCUT2D eigenvalue weighted by Crippen LogP contribution is 2.43. The molecule has 6 nitrogen and oxygen atoms in total. The standard InChI is InChI=1S/C27H28N4O2S/c1-3-4-5-10-17-34-27-29-26-24(30-31-27)20-13-8-9-14-21(20)28-25(33-26)23-19-12-7-6-11-18(19)15-16-22(23)32-2/h6-9,11-16,25,28H,3-5,10,17H2,1-2H3/t25-/m0/s1. The number of unbranched alkanes of at least 4 members (excludes halogenated alkanes) is 3. The highest BCUT2D eigenvalue weighted by molar-refractivity contribution is 7.99. The number of nitrogens with one attached hydrogen (secondary N) is 1. The molecule has 1 N–H and O–H groups in total. The molecule has 0 unspecified atom stereocenters. The molecule has 4 aromatic rings. The molecule has 0 saturated carbocycles. The van der Waals surface area contributed by atoms with Crippen molar-refractivity contribution in [2.24, 2.45) is 0 Å². The number of hydrogen-bond acceptors (Lipinski definition) is 7. The minimum atomic E-state index is -0.512. The minimum Gasteiger partial charge on any atom is -0.496 e. The van der Waals surface area contributed by atoms with E-state index in [0.717, 1.165) is 45.5 Å². The van der Waals surface area contributed by atoms with E-state index in [1.165, 1.54) is 19.3 Å². The number of benzene rings is 3. The fourth-order valence-corrected chi connectivity index (χ4v) is 5.03. The summed E-state index contributed by atoms with van der Waals surface area (Å²) in [5, 5.41) is 15.3. The van der Waals surface area contributed by atoms with E-state index in [9.17, 15) is 0 Å². The first-order valence-corrected chi connectivity index (χ1v) is 12.7. The average molecular weight is 473 g/mol. The number of nitrogens with zero attached hydrogens (tertiary/aromatic N) is 3. The van der Waals surface area contributed by atoms with Crippen LogP contribution in [0.1, 0.15) is 44.4 Å². The van der Waals surface area contributed by atoms with Crippen LogP contribution in [0.5, 0.6) is 11.6 Å². The maximum absolute atomic E-state index is 6.54. The number of rotatable bonds is 8. The summed E-state index contributed by atoms with van der Waals surface area (Å²) >= 11 is 1.63. The lowest BCUT2D eigenvalue weighted by Gasteiger charge is -2.23. The highest BCUT2D eigenvalue weighted by atomic mass is 32.2. The Morgan fingerprint density at radius 3 is 2.71 bits per heavy atom. The molecule has 7 heteroatoms. The van der Waals surface area contributed by atoms with Gasteiger partial charge in [-0.15, -0.1) is 10.2 Å². The molecular formula is C27H28N4O2S. The lowest BCUT2D eigenvalue weighted by molar-refractivity contribution is 0.221. The zero-order valence-electron chi connectivity index (χ0n) is 19.5. The molecule has 34 heavy (non-hydrogen) atoms. The predicted molar refractivity (Wildman–Crippen MR) is 138 cm³/mol. The van der Waals surface area contributed by atoms with Crippen LogP contribution in [-0.2, 0) is 0 Å². The monoisotopic (exact) mass is 472 g/mol. The van der Waals surface area contributed by atoms with Gasteiger partial charge in [-0.25, -0.2) is 0 Å². The summed E-state index contributed by atoms with van der Waals surface area (Å²) in [6.45, 7) is 2.22. The van der Waals surface area contributed by atoms with Crippen molar-refractivity contribution >= 4 is 28.2 Å². The average Bonchev–Trinajstić information content (AvgIpc) is 3.04. The number of hydrogen-bond donors (Lipinski definition) is 1. The number of methoxy groups -OCH3 is 1. The van der Waals surface area contributed by atoms with Gasteiger partial charge in [-0.3, -0.25) is 0 Å². The first kappa shape index (κ1) is 22.5. The highest BCUT2D eigenvalue weighted by Gasteiger charge is 2.29. The largest absolute Gasteiger partial charge is 0.496 e. The van der Waals surface area contributed by atoms with E-state index < -0.39 is 6.23 Å². The van der Waals surface area contributed by atoms with Crippen molar-refractivity contribution in [1.82, 2.24) is 15.2 Å². The molecule has 0 saturated heterocycles. The van der Waals surface area contributed by atoms with Crippen LogP contribution in [0.3, 0.4) is 0 Å². The molecule has 0 radical (unpaired) electrons. The molecule has 2 heterocycles. The molecule has 0 aliphatic carbocycles. The van der Waals surface area contributed by atoms with Crippen molar-refractivity contribution in [3.63, 3.8) is 0 Å². The zero-order chi connectivity index (χ0) is 23.3. The molecule has 0 amide bonds. The van der Waals surface area contributed by atoms with Crippen molar-refractivity contribution in [3.05, 3.63) is 66.2 Å². The quantitative estimate of drug-likeness (QED) is 0.221. The van der Waals surface area contributed by atoms with Crippen molar-refractivity contribution in [2.75, 3.05) is 18.2 Å². The SMILES string of the molecule is CCCCCCSc1nnc2c(n1)O[C@@H](c1c(OC)ccc3ccccc13)Nc1ccccc1-2. The third-order valence-electron chi connectivity index (χ3n) is 5.98. The Morgan fingerprint density at radius 2 is 1.82 bits per heavy atom. The number of para-hydroxylation sites is 1. The number of ether oxygens (including phenoxy) is 2. The molecule has 1 aromatic heterocycles. The summed E-state index contributed by atoms with van der Waals surface area (Å²) < 4.78 is 12.3. The minimum absolute atomic E-state index is 0.475. The van der Waals surface area contributed by atoms with Crippen molar-refractivity contribution in [1.29, 1.82) is 0 Å². The van der Waals surface area contributed by atoms with Gasteiger partial charge in [-0.1, -0.05) is 86.5 Å². The fourth-order valence-electron chi connectivity index (χ4n) is 4.26. The van der Waals surface area contributed by atoms with Gasteiger partial charge >= 0.3 is 0 Å². The van der Waals surface area contributed by atoms with Crippen LogP contribution in [-0.4, -0.2) is 28.0 Å². The second-order valence-electron chi connectivity index (χ2n) is 8.25. The number of anilines is 1. The number of aromatic nitrogens is 3. The van der Waals surface area contributed by atoms with Crippen LogP contribution >= 0.6 is 11.8 Å². The Bertz CT molecular complexity index is 1300. The third-order valence-corrected chi connectivity index (χ3v) is 6.90. The molecule has 3 aromatic carbocycles. The molecular weight excluding hydrogens is 444 g/mol. The van der Waals surface area contributed by atoms with Crippen LogP contribution in [0, 0.1) is 0 Å². The van der Waals surface area contributed by atoms with Gasteiger partial charge < -0.3 is 14.8 Å². The first-order valence-electron chi connectivity index (χ1n) is 11.7. The van der Waals surface area contributed by atoms with E-state index in [1.807, 2.05) is 42.5 Å². The molecule has 1 aliphatic heterocycles. The lowest BCUT2D eigenvalue weighted by Crippen LogP contribution is -2.18. The maximum Gasteiger partial charge on any atom is 0.247 e. The molecule has 0 spiro atoms. The summed E-state index contributed by atoms with van der Waals surface area (Å²) in [6, 6.07) is 20.3. The van der Waals surface area contributed by atoms with Gasteiger partial charge in [-0.05, 0) is 29.3 Å². The normalized spacial score (nSPS) is 14.5. The van der Waals surface area contributed by atoms with E-state index in [1.54, 1.807) is 18.9 Å². The van der Waals surface area contributed by atoms with E-state index in [4.69, 9.17) is 14.5 Å². The number of thioether (sulfide) groups is 1. The topological polar surface area (TPSA) is 69.2 Å². The Labute approximate surface area is 204 Å². The van der Waals surface area contributed by atoms with Gasteiger partial charge in [-0.2, -0.15) is 4.98 Å². The molecule has 0 fully saturated rings. The van der Waals surface area contributed by atoms with Gasteiger partial charge in [0.05, 0.1) is 12.7 Å². The molecule has 0 bridgehead atoms. The molecule has 1 aliphatic rings. The second-order valence-corrected chi connectivity index (χ2v) is 9.31. The Balaban J connectivity index is 1.55. The fraction of sp³-hybridized carbons (Fsp3) is 0.296. The smallest absolute Gasteiger partial charge is 0.247 e. The van der Waals surface area contributed by atoms with Crippen LogP contribution in [0.25, 0.3) is 22.0 Å². The van der Waals surface area contributed by atoms with Gasteiger partial charge in [0.1, 0.15) is 5.75 Å². The Hall–Kier alpha value is -3.32. The summed E-state index contributed by atoms with van der Waals surface area (Å²) in [5.41, 5.74) is 3.40. The van der Waals surface area contributed by atoms with Gasteiger partial charge in [0.15, 0.2) is 5.69 Å². The lowest BCUT2D eigenvalue weighted by atomic mass is 10.0. The third kappa shape index (κ3) is 4.53. The van der Waals surface area contributed by atoms with Crippen LogP contribution in [0.4, 0.5) is 5.69 Å². The summed E-state index contributed by atoms with van der Waals surface area (Å²) in [7, 11) is 1.68. The van der Waals surface area contributed by atoms with E-state index in [-0.39, 0.29) is 0 Å². The van der Waals surface area contributed by atoms with Crippen LogP contribution in [0.15, 0.2) is 65.8 Å². The first-order chi connectivity index (χ1) is 16.8. The summed E-state index contributed by atoms with van der Waals surface area (Å²) in [4.78, 5) is 4.79. The summed E-state index contributed by atoms with van der Waals surface area (Å²) in [6.07, 6.45) is 4.33. The van der Waals surface area contributed by atoms with E-state index in [2.05, 4.69) is 40.6 Å². The van der Waals surface area contributed by atoms with Crippen molar-refractivity contribution < 1.29 is 9.47 Å². The molecule has 174 valence electrons. The van der Waals surface area contributed by atoms with Gasteiger partial charge in [0, 0.05) is 17.0 Å².